The molecule has 5 nitrogen and oxygen atoms in total. The molecule has 90 valence electrons. The molecular weight excluding hydrogens is 221 g/mol. The first kappa shape index (κ1) is 11.5. The Labute approximate surface area is 98.7 Å². The lowest BCUT2D eigenvalue weighted by Gasteiger charge is -2.08. The maximum absolute atomic E-state index is 13.7. The zero-order valence-corrected chi connectivity index (χ0v) is 9.60. The van der Waals surface area contributed by atoms with Crippen molar-refractivity contribution in [3.63, 3.8) is 0 Å². The van der Waals surface area contributed by atoms with E-state index >= 15 is 0 Å². The predicted molar refractivity (Wildman–Crippen MR) is 62.1 cm³/mol. The van der Waals surface area contributed by atoms with Crippen LogP contribution < -0.4 is 5.32 Å². The van der Waals surface area contributed by atoms with Crippen molar-refractivity contribution in [2.45, 2.75) is 19.9 Å². The molecule has 1 N–H and O–H groups in total. The summed E-state index contributed by atoms with van der Waals surface area (Å²) in [5, 5.41) is 6.99. The SMILES string of the molecule is CCc1ncnc(NCCn2cccn2)c1F. The molecule has 2 heterocycles. The van der Waals surface area contributed by atoms with Gasteiger partial charge in [0.25, 0.3) is 0 Å². The van der Waals surface area contributed by atoms with Crippen LogP contribution >= 0.6 is 0 Å². The number of nitrogens with zero attached hydrogens (tertiary/aromatic N) is 4. The fraction of sp³-hybridized carbons (Fsp3) is 0.364. The van der Waals surface area contributed by atoms with Gasteiger partial charge in [-0.1, -0.05) is 6.92 Å². The van der Waals surface area contributed by atoms with Gasteiger partial charge < -0.3 is 5.32 Å². The van der Waals surface area contributed by atoms with Crippen LogP contribution in [-0.2, 0) is 13.0 Å². The van der Waals surface area contributed by atoms with E-state index in [4.69, 9.17) is 0 Å². The lowest BCUT2D eigenvalue weighted by Crippen LogP contribution is -2.13. The fourth-order valence-electron chi connectivity index (χ4n) is 1.50. The average molecular weight is 235 g/mol. The monoisotopic (exact) mass is 235 g/mol. The van der Waals surface area contributed by atoms with E-state index in [2.05, 4.69) is 20.4 Å². The van der Waals surface area contributed by atoms with Gasteiger partial charge in [-0.3, -0.25) is 4.68 Å². The molecule has 0 aliphatic carbocycles. The van der Waals surface area contributed by atoms with E-state index in [1.807, 2.05) is 19.2 Å². The second kappa shape index (κ2) is 5.38. The molecule has 0 aliphatic rings. The van der Waals surface area contributed by atoms with Crippen molar-refractivity contribution in [2.75, 3.05) is 11.9 Å². The summed E-state index contributed by atoms with van der Waals surface area (Å²) in [6, 6.07) is 1.85. The molecule has 0 unspecified atom stereocenters. The van der Waals surface area contributed by atoms with Crippen LogP contribution in [0.25, 0.3) is 0 Å². The molecule has 0 amide bonds. The van der Waals surface area contributed by atoms with Gasteiger partial charge in [0.15, 0.2) is 11.6 Å². The molecule has 0 aliphatic heterocycles. The van der Waals surface area contributed by atoms with Crippen LogP contribution in [-0.4, -0.2) is 26.3 Å². The van der Waals surface area contributed by atoms with E-state index in [0.29, 0.717) is 25.2 Å². The van der Waals surface area contributed by atoms with Gasteiger partial charge in [0.1, 0.15) is 6.33 Å². The predicted octanol–water partition coefficient (Wildman–Crippen LogP) is 1.49. The summed E-state index contributed by atoms with van der Waals surface area (Å²) in [4.78, 5) is 7.75. The van der Waals surface area contributed by atoms with Gasteiger partial charge in [-0.15, -0.1) is 0 Å². The maximum Gasteiger partial charge on any atom is 0.186 e. The van der Waals surface area contributed by atoms with Crippen molar-refractivity contribution in [1.82, 2.24) is 19.7 Å². The third kappa shape index (κ3) is 2.77. The molecular formula is C11H14FN5. The number of aromatic nitrogens is 4. The summed E-state index contributed by atoms with van der Waals surface area (Å²) in [5.41, 5.74) is 0.432. The minimum atomic E-state index is -0.365. The number of halogens is 1. The Hall–Kier alpha value is -1.98. The first-order chi connectivity index (χ1) is 8.31. The standard InChI is InChI=1S/C11H14FN5/c1-2-9-10(12)11(15-8-14-9)13-5-7-17-6-3-4-16-17/h3-4,6,8H,2,5,7H2,1H3,(H,13,14,15). The Bertz CT molecular complexity index is 469. The van der Waals surface area contributed by atoms with Crippen molar-refractivity contribution < 1.29 is 4.39 Å². The first-order valence-corrected chi connectivity index (χ1v) is 5.52. The largest absolute Gasteiger partial charge is 0.366 e. The zero-order valence-electron chi connectivity index (χ0n) is 9.60. The molecule has 17 heavy (non-hydrogen) atoms. The molecule has 0 saturated heterocycles. The van der Waals surface area contributed by atoms with Crippen LogP contribution in [0.4, 0.5) is 10.2 Å². The van der Waals surface area contributed by atoms with Crippen LogP contribution in [0.5, 0.6) is 0 Å². The highest BCUT2D eigenvalue weighted by atomic mass is 19.1. The van der Waals surface area contributed by atoms with Crippen molar-refractivity contribution in [3.8, 4) is 0 Å². The van der Waals surface area contributed by atoms with Crippen molar-refractivity contribution in [2.24, 2.45) is 0 Å². The van der Waals surface area contributed by atoms with Crippen molar-refractivity contribution >= 4 is 5.82 Å². The van der Waals surface area contributed by atoms with Gasteiger partial charge in [0, 0.05) is 18.9 Å². The second-order valence-corrected chi connectivity index (χ2v) is 3.53. The molecule has 0 bridgehead atoms. The minimum absolute atomic E-state index is 0.254. The van der Waals surface area contributed by atoms with E-state index in [9.17, 15) is 4.39 Å². The van der Waals surface area contributed by atoms with E-state index in [-0.39, 0.29) is 11.6 Å². The van der Waals surface area contributed by atoms with E-state index < -0.39 is 0 Å². The molecule has 2 rings (SSSR count). The normalized spacial score (nSPS) is 10.5. The maximum atomic E-state index is 13.7. The van der Waals surface area contributed by atoms with Crippen LogP contribution in [0.15, 0.2) is 24.8 Å². The summed E-state index contributed by atoms with van der Waals surface area (Å²) in [7, 11) is 0. The first-order valence-electron chi connectivity index (χ1n) is 5.52. The number of hydrogen-bond acceptors (Lipinski definition) is 4. The van der Waals surface area contributed by atoms with Crippen molar-refractivity contribution in [3.05, 3.63) is 36.3 Å². The molecule has 0 atom stereocenters. The molecule has 0 aromatic carbocycles. The summed E-state index contributed by atoms with van der Waals surface area (Å²) in [5.74, 6) is -0.112. The van der Waals surface area contributed by atoms with E-state index in [1.54, 1.807) is 10.9 Å². The molecule has 6 heteroatoms. The molecule has 2 aromatic heterocycles. The smallest absolute Gasteiger partial charge is 0.186 e. The topological polar surface area (TPSA) is 55.6 Å². The minimum Gasteiger partial charge on any atom is -0.366 e. The van der Waals surface area contributed by atoms with Gasteiger partial charge in [-0.05, 0) is 12.5 Å². The highest BCUT2D eigenvalue weighted by Gasteiger charge is 2.08. The Morgan fingerprint density at radius 2 is 2.29 bits per heavy atom. The van der Waals surface area contributed by atoms with Gasteiger partial charge >= 0.3 is 0 Å². The third-order valence-electron chi connectivity index (χ3n) is 2.39. The molecule has 0 spiro atoms. The fourth-order valence-corrected chi connectivity index (χ4v) is 1.50. The summed E-state index contributed by atoms with van der Waals surface area (Å²) in [6.45, 7) is 3.09. The van der Waals surface area contributed by atoms with Crippen LogP contribution in [0.1, 0.15) is 12.6 Å². The summed E-state index contributed by atoms with van der Waals surface area (Å²) >= 11 is 0. The lowest BCUT2D eigenvalue weighted by molar-refractivity contribution is 0.591. The van der Waals surface area contributed by atoms with Crippen LogP contribution in [0.2, 0.25) is 0 Å². The quantitative estimate of drug-likeness (QED) is 0.853. The summed E-state index contributed by atoms with van der Waals surface area (Å²) in [6.07, 6.45) is 5.50. The number of nitrogens with one attached hydrogen (secondary N) is 1. The Morgan fingerprint density at radius 3 is 3.00 bits per heavy atom. The van der Waals surface area contributed by atoms with Crippen LogP contribution in [0, 0.1) is 5.82 Å². The third-order valence-corrected chi connectivity index (χ3v) is 2.39. The Kier molecular flexibility index (Phi) is 3.64. The highest BCUT2D eigenvalue weighted by Crippen LogP contribution is 2.12. The molecule has 0 fully saturated rings. The lowest BCUT2D eigenvalue weighted by atomic mass is 10.3. The van der Waals surface area contributed by atoms with Gasteiger partial charge in [0.2, 0.25) is 0 Å². The van der Waals surface area contributed by atoms with Crippen molar-refractivity contribution in [1.29, 1.82) is 0 Å². The number of rotatable bonds is 5. The Morgan fingerprint density at radius 1 is 1.41 bits per heavy atom. The highest BCUT2D eigenvalue weighted by molar-refractivity contribution is 5.36. The second-order valence-electron chi connectivity index (χ2n) is 3.53. The Balaban J connectivity index is 1.95. The molecule has 2 aromatic rings. The number of hydrogen-bond donors (Lipinski definition) is 1. The number of anilines is 1. The molecule has 0 radical (unpaired) electrons. The van der Waals surface area contributed by atoms with E-state index in [0.717, 1.165) is 0 Å². The van der Waals surface area contributed by atoms with Gasteiger partial charge in [-0.2, -0.15) is 5.10 Å². The van der Waals surface area contributed by atoms with Crippen LogP contribution in [0.3, 0.4) is 0 Å². The van der Waals surface area contributed by atoms with Gasteiger partial charge in [0.05, 0.1) is 12.2 Å². The average Bonchev–Trinajstić information content (AvgIpc) is 2.84. The van der Waals surface area contributed by atoms with Gasteiger partial charge in [-0.25, -0.2) is 14.4 Å². The van der Waals surface area contributed by atoms with E-state index in [1.165, 1.54) is 6.33 Å². The summed E-state index contributed by atoms with van der Waals surface area (Å²) < 4.78 is 15.5. The number of aryl methyl sites for hydroxylation is 1. The zero-order chi connectivity index (χ0) is 12.1. The molecule has 0 saturated carbocycles.